The van der Waals surface area contributed by atoms with Crippen LogP contribution in [-0.2, 0) is 14.3 Å². The summed E-state index contributed by atoms with van der Waals surface area (Å²) in [6.07, 6.45) is 8.83. The molecule has 0 radical (unpaired) electrons. The first-order valence-corrected chi connectivity index (χ1v) is 22.6. The van der Waals surface area contributed by atoms with Crippen LogP contribution >= 0.6 is 23.2 Å². The van der Waals surface area contributed by atoms with Crippen LogP contribution in [0.1, 0.15) is 69.6 Å². The lowest BCUT2D eigenvalue weighted by Gasteiger charge is -2.29. The Morgan fingerprint density at radius 2 is 0.970 bits per heavy atom. The predicted octanol–water partition coefficient (Wildman–Crippen LogP) is 8.36. The Kier molecular flexibility index (Phi) is 14.4. The lowest BCUT2D eigenvalue weighted by atomic mass is 10.0. The second kappa shape index (κ2) is 20.7. The number of ether oxygens (including phenoxy) is 1. The van der Waals surface area contributed by atoms with E-state index in [9.17, 15) is 29.4 Å². The summed E-state index contributed by atoms with van der Waals surface area (Å²) < 4.78 is 5.37. The summed E-state index contributed by atoms with van der Waals surface area (Å²) in [4.78, 5) is 75.2. The molecule has 0 bridgehead atoms. The van der Waals surface area contributed by atoms with Crippen LogP contribution in [0, 0.1) is 0 Å². The average molecular weight is 944 g/mol. The van der Waals surface area contributed by atoms with Gasteiger partial charge in [-0.1, -0.05) is 83.9 Å². The van der Waals surface area contributed by atoms with Gasteiger partial charge in [0.25, 0.3) is 11.8 Å². The van der Waals surface area contributed by atoms with Crippen LogP contribution in [0.15, 0.2) is 122 Å². The van der Waals surface area contributed by atoms with Gasteiger partial charge in [-0.05, 0) is 84.3 Å². The number of morpholine rings is 1. The molecule has 0 saturated carbocycles. The van der Waals surface area contributed by atoms with E-state index in [0.717, 1.165) is 46.5 Å². The topological polar surface area (TPSA) is 182 Å². The van der Waals surface area contributed by atoms with Crippen LogP contribution in [0.4, 0.5) is 11.9 Å². The predicted molar refractivity (Wildman–Crippen MR) is 254 cm³/mol. The summed E-state index contributed by atoms with van der Waals surface area (Å²) in [5.41, 5.74) is 5.77. The standard InChI is InChI=1S/C26H25ClN4O4.C24H23ClN4O3/c27-21-4-2-1-3-20(21)22-9-10-23(25(33)34)31(22)24(32)18-7-5-17(6-8-18)19-15-28-26(29-16-19)30-11-13-35-14-12-30;1-28(2)24-26-13-17(14-27-24)15-7-9-16(10-8-15)22(30)29-20(11-12-21(29)23(31)32)18-5-3-4-6-19(18)25/h1-8,15-16,22-23H,9-14H2,(H,33,34);3-10,13-14,20-21H,11-12H2,1-2H3,(H,31,32)/t22-,23+;20-,21+/m11/s1. The minimum absolute atomic E-state index is 0.328. The second-order valence-electron chi connectivity index (χ2n) is 16.6. The number of carboxylic acids is 2. The second-order valence-corrected chi connectivity index (χ2v) is 17.4. The fourth-order valence-electron chi connectivity index (χ4n) is 8.78. The van der Waals surface area contributed by atoms with Crippen molar-refractivity contribution in [3.05, 3.63) is 154 Å². The highest BCUT2D eigenvalue weighted by Gasteiger charge is 2.44. The highest BCUT2D eigenvalue weighted by Crippen LogP contribution is 2.42. The quantitative estimate of drug-likeness (QED) is 0.134. The van der Waals surface area contributed by atoms with Gasteiger partial charge in [-0.3, -0.25) is 9.59 Å². The third-order valence-electron chi connectivity index (χ3n) is 12.2. The van der Waals surface area contributed by atoms with E-state index in [-0.39, 0.29) is 17.9 Å². The maximum absolute atomic E-state index is 13.5. The summed E-state index contributed by atoms with van der Waals surface area (Å²) in [5, 5.41) is 20.5. The van der Waals surface area contributed by atoms with Gasteiger partial charge < -0.3 is 34.5 Å². The summed E-state index contributed by atoms with van der Waals surface area (Å²) in [5.74, 6) is -1.40. The fourth-order valence-corrected chi connectivity index (χ4v) is 9.30. The number of carbonyl (C=O) groups excluding carboxylic acids is 2. The molecule has 2 N–H and O–H groups in total. The van der Waals surface area contributed by atoms with Gasteiger partial charge in [-0.25, -0.2) is 29.5 Å². The van der Waals surface area contributed by atoms with Gasteiger partial charge in [0.2, 0.25) is 11.9 Å². The first-order valence-electron chi connectivity index (χ1n) is 21.8. The number of aliphatic carboxylic acids is 2. The highest BCUT2D eigenvalue weighted by atomic mass is 35.5. The van der Waals surface area contributed by atoms with Crippen molar-refractivity contribution in [2.45, 2.75) is 49.9 Å². The number of hydrogen-bond donors (Lipinski definition) is 2. The van der Waals surface area contributed by atoms with E-state index in [2.05, 4.69) is 24.8 Å². The summed E-state index contributed by atoms with van der Waals surface area (Å²) >= 11 is 12.8. The minimum atomic E-state index is -1.01. The Morgan fingerprint density at radius 1 is 0.567 bits per heavy atom. The first-order chi connectivity index (χ1) is 32.4. The number of carboxylic acid groups (broad SMARTS) is 2. The van der Waals surface area contributed by atoms with Gasteiger partial charge in [-0.2, -0.15) is 0 Å². The van der Waals surface area contributed by atoms with Crippen molar-refractivity contribution in [3.8, 4) is 22.3 Å². The molecule has 9 rings (SSSR count). The highest BCUT2D eigenvalue weighted by molar-refractivity contribution is 6.31. The largest absolute Gasteiger partial charge is 0.480 e. The Labute approximate surface area is 397 Å². The molecule has 15 nitrogen and oxygen atoms in total. The molecule has 3 aliphatic heterocycles. The number of rotatable bonds is 10. The number of benzene rings is 4. The maximum atomic E-state index is 13.5. The van der Waals surface area contributed by atoms with Crippen molar-refractivity contribution in [1.29, 1.82) is 0 Å². The molecule has 3 fully saturated rings. The number of halogens is 2. The number of aromatic nitrogens is 4. The molecule has 0 spiro atoms. The molecule has 0 unspecified atom stereocenters. The van der Waals surface area contributed by atoms with Crippen LogP contribution in [0.2, 0.25) is 10.0 Å². The van der Waals surface area contributed by atoms with E-state index >= 15 is 0 Å². The third-order valence-corrected chi connectivity index (χ3v) is 12.9. The van der Waals surface area contributed by atoms with Crippen molar-refractivity contribution in [2.75, 3.05) is 50.2 Å². The summed E-state index contributed by atoms with van der Waals surface area (Å²) in [7, 11) is 3.74. The van der Waals surface area contributed by atoms with Crippen LogP contribution < -0.4 is 9.80 Å². The zero-order chi connectivity index (χ0) is 47.2. The molecule has 3 aliphatic rings. The van der Waals surface area contributed by atoms with Crippen molar-refractivity contribution < 1.29 is 34.1 Å². The normalized spacial score (nSPS) is 19.1. The average Bonchev–Trinajstić information content (AvgIpc) is 4.01. The summed E-state index contributed by atoms with van der Waals surface area (Å²) in [6.45, 7) is 2.85. The van der Waals surface area contributed by atoms with E-state index in [1.54, 1.807) is 61.2 Å². The minimum Gasteiger partial charge on any atom is -0.480 e. The fraction of sp³-hybridized carbons (Fsp3) is 0.280. The van der Waals surface area contributed by atoms with Crippen LogP contribution in [-0.4, -0.2) is 116 Å². The Morgan fingerprint density at radius 3 is 1.36 bits per heavy atom. The van der Waals surface area contributed by atoms with Crippen molar-refractivity contribution in [2.24, 2.45) is 0 Å². The smallest absolute Gasteiger partial charge is 0.326 e. The maximum Gasteiger partial charge on any atom is 0.326 e. The number of amides is 2. The van der Waals surface area contributed by atoms with E-state index in [0.29, 0.717) is 72.0 Å². The van der Waals surface area contributed by atoms with Gasteiger partial charge in [-0.15, -0.1) is 0 Å². The number of likely N-dealkylation sites (tertiary alicyclic amines) is 2. The van der Waals surface area contributed by atoms with Crippen LogP contribution in [0.5, 0.6) is 0 Å². The van der Waals surface area contributed by atoms with Gasteiger partial charge in [0.1, 0.15) is 12.1 Å². The molecule has 3 saturated heterocycles. The zero-order valence-corrected chi connectivity index (χ0v) is 38.3. The molecule has 6 aromatic rings. The number of carbonyl (C=O) groups is 4. The number of hydrogen-bond acceptors (Lipinski definition) is 11. The zero-order valence-electron chi connectivity index (χ0n) is 36.8. The van der Waals surface area contributed by atoms with Gasteiger partial charge in [0, 0.05) is 84.3 Å². The van der Waals surface area contributed by atoms with Crippen molar-refractivity contribution in [3.63, 3.8) is 0 Å². The van der Waals surface area contributed by atoms with Gasteiger partial charge in [0.05, 0.1) is 25.3 Å². The molecular weight excluding hydrogens is 896 g/mol. The summed E-state index contributed by atoms with van der Waals surface area (Å²) in [6, 6.07) is 26.1. The monoisotopic (exact) mass is 942 g/mol. The first kappa shape index (κ1) is 46.6. The molecule has 2 amide bonds. The van der Waals surface area contributed by atoms with Crippen molar-refractivity contribution >= 4 is 58.9 Å². The third kappa shape index (κ3) is 10.2. The molecule has 17 heteroatoms. The van der Waals surface area contributed by atoms with Gasteiger partial charge in [0.15, 0.2) is 0 Å². The lowest BCUT2D eigenvalue weighted by Crippen LogP contribution is -2.41. The molecule has 5 heterocycles. The Balaban J connectivity index is 0.000000182. The number of anilines is 2. The van der Waals surface area contributed by atoms with Crippen molar-refractivity contribution in [1.82, 2.24) is 29.7 Å². The molecule has 4 atom stereocenters. The molecular formula is C50H48Cl2N8O7. The van der Waals surface area contributed by atoms with Crippen LogP contribution in [0.3, 0.4) is 0 Å². The Hall–Kier alpha value is -6.94. The number of nitrogens with zero attached hydrogens (tertiary/aromatic N) is 8. The molecule has 2 aromatic heterocycles. The Bertz CT molecular complexity index is 2720. The van der Waals surface area contributed by atoms with E-state index in [1.165, 1.54) is 9.80 Å². The van der Waals surface area contributed by atoms with Gasteiger partial charge >= 0.3 is 11.9 Å². The molecule has 67 heavy (non-hydrogen) atoms. The van der Waals surface area contributed by atoms with Crippen LogP contribution in [0.25, 0.3) is 22.3 Å². The van der Waals surface area contributed by atoms with E-state index in [4.69, 9.17) is 27.9 Å². The molecule has 0 aliphatic carbocycles. The SMILES string of the molecule is CN(C)c1ncc(-c2ccc(C(=O)N3[C@@H](c4ccccc4Cl)CC[C@H]3C(=O)O)cc2)cn1.O=C(O)[C@@H]1CC[C@H](c2ccccc2Cl)N1C(=O)c1ccc(-c2cnc(N3CCOCC3)nc2)cc1. The molecule has 4 aromatic carbocycles. The van der Waals surface area contributed by atoms with E-state index in [1.807, 2.05) is 79.7 Å². The van der Waals surface area contributed by atoms with E-state index < -0.39 is 30.1 Å². The molecule has 344 valence electrons. The lowest BCUT2D eigenvalue weighted by molar-refractivity contribution is -0.142.